The van der Waals surface area contributed by atoms with Crippen molar-refractivity contribution in [2.45, 2.75) is 44.7 Å². The fraction of sp³-hybridized carbons (Fsp3) is 0.529. The van der Waals surface area contributed by atoms with Crippen molar-refractivity contribution in [3.8, 4) is 0 Å². The van der Waals surface area contributed by atoms with Gasteiger partial charge in [0.05, 0.1) is 0 Å². The van der Waals surface area contributed by atoms with Crippen LogP contribution in [-0.4, -0.2) is 61.7 Å². The van der Waals surface area contributed by atoms with Crippen LogP contribution in [-0.2, 0) is 25.5 Å². The van der Waals surface area contributed by atoms with Crippen molar-refractivity contribution in [1.82, 2.24) is 24.5 Å². The number of carbonyl (C=O) groups excluding carboxylic acids is 3. The average molecular weight is 391 g/mol. The third kappa shape index (κ3) is 4.10. The Balaban J connectivity index is 1.60. The van der Waals surface area contributed by atoms with Gasteiger partial charge in [-0.3, -0.25) is 19.3 Å². The van der Waals surface area contributed by atoms with E-state index in [1.807, 2.05) is 20.1 Å². The zero-order valence-electron chi connectivity index (χ0n) is 15.5. The Morgan fingerprint density at radius 3 is 2.70 bits per heavy atom. The van der Waals surface area contributed by atoms with Crippen molar-refractivity contribution >= 4 is 35.3 Å². The summed E-state index contributed by atoms with van der Waals surface area (Å²) in [7, 11) is 0. The summed E-state index contributed by atoms with van der Waals surface area (Å²) in [6, 6.07) is 0. The smallest absolute Gasteiger partial charge is 0.306 e. The first-order chi connectivity index (χ1) is 12.9. The van der Waals surface area contributed by atoms with E-state index in [9.17, 15) is 14.4 Å². The van der Waals surface area contributed by atoms with Crippen LogP contribution in [0.25, 0.3) is 5.78 Å². The highest BCUT2D eigenvalue weighted by Crippen LogP contribution is 2.18. The number of amides is 2. The molecule has 2 aromatic rings. The molecule has 0 aliphatic carbocycles. The maximum absolute atomic E-state index is 12.0. The molecule has 27 heavy (non-hydrogen) atoms. The standard InChI is InChI=1S/C17H21N5O4S/c1-10-12(11(2)22-16(18-10)19-17(20-22)27-3)6-7-15(25)26-9-14(24)21-8-4-5-13(21)23/h4-9H2,1-3H3. The number of hydrogen-bond acceptors (Lipinski definition) is 8. The number of likely N-dealkylation sites (tertiary alicyclic amines) is 1. The van der Waals surface area contributed by atoms with Crippen molar-refractivity contribution in [3.05, 3.63) is 17.0 Å². The van der Waals surface area contributed by atoms with Gasteiger partial charge in [0.15, 0.2) is 6.61 Å². The lowest BCUT2D eigenvalue weighted by molar-refractivity contribution is -0.154. The molecule has 1 aliphatic heterocycles. The van der Waals surface area contributed by atoms with Crippen LogP contribution in [0.5, 0.6) is 0 Å². The van der Waals surface area contributed by atoms with E-state index in [4.69, 9.17) is 4.74 Å². The Morgan fingerprint density at radius 1 is 1.26 bits per heavy atom. The topological polar surface area (TPSA) is 107 Å². The number of hydrogen-bond donors (Lipinski definition) is 0. The lowest BCUT2D eigenvalue weighted by Gasteiger charge is -2.13. The summed E-state index contributed by atoms with van der Waals surface area (Å²) < 4.78 is 6.70. The molecule has 0 saturated carbocycles. The fourth-order valence-corrected chi connectivity index (χ4v) is 3.41. The van der Waals surface area contributed by atoms with Crippen LogP contribution in [0.1, 0.15) is 36.2 Å². The van der Waals surface area contributed by atoms with Gasteiger partial charge in [-0.2, -0.15) is 4.98 Å². The van der Waals surface area contributed by atoms with Crippen molar-refractivity contribution in [2.24, 2.45) is 0 Å². The number of ether oxygens (including phenoxy) is 1. The SMILES string of the molecule is CSc1nc2nc(C)c(CCC(=O)OCC(=O)N3CCCC3=O)c(C)n2n1. The summed E-state index contributed by atoms with van der Waals surface area (Å²) in [4.78, 5) is 45.4. The number of esters is 1. The number of imide groups is 1. The molecule has 0 bridgehead atoms. The zero-order valence-corrected chi connectivity index (χ0v) is 16.3. The Labute approximate surface area is 160 Å². The highest BCUT2D eigenvalue weighted by molar-refractivity contribution is 7.98. The predicted octanol–water partition coefficient (Wildman–Crippen LogP) is 1.09. The number of carbonyl (C=O) groups is 3. The number of fused-ring (bicyclic) bond motifs is 1. The summed E-state index contributed by atoms with van der Waals surface area (Å²) in [5.41, 5.74) is 2.56. The van der Waals surface area contributed by atoms with Crippen LogP contribution in [0.4, 0.5) is 0 Å². The molecule has 0 spiro atoms. The number of nitrogens with zero attached hydrogens (tertiary/aromatic N) is 5. The molecule has 3 rings (SSSR count). The molecule has 0 atom stereocenters. The van der Waals surface area contributed by atoms with E-state index < -0.39 is 18.5 Å². The van der Waals surface area contributed by atoms with Gasteiger partial charge in [0.25, 0.3) is 11.7 Å². The summed E-state index contributed by atoms with van der Waals surface area (Å²) >= 11 is 1.44. The van der Waals surface area contributed by atoms with Crippen LogP contribution in [0.15, 0.2) is 5.16 Å². The van der Waals surface area contributed by atoms with Crippen LogP contribution in [0.3, 0.4) is 0 Å². The molecule has 0 radical (unpaired) electrons. The van der Waals surface area contributed by atoms with Crippen molar-refractivity contribution in [2.75, 3.05) is 19.4 Å². The lowest BCUT2D eigenvalue weighted by Crippen LogP contribution is -2.35. The Kier molecular flexibility index (Phi) is 5.73. The Morgan fingerprint density at radius 2 is 2.04 bits per heavy atom. The summed E-state index contributed by atoms with van der Waals surface area (Å²) in [6.45, 7) is 3.77. The van der Waals surface area contributed by atoms with Crippen LogP contribution in [0, 0.1) is 13.8 Å². The molecule has 10 heteroatoms. The molecular weight excluding hydrogens is 370 g/mol. The van der Waals surface area contributed by atoms with Gasteiger partial charge in [0, 0.05) is 30.8 Å². The number of rotatable bonds is 6. The molecule has 2 aromatic heterocycles. The minimum absolute atomic E-state index is 0.111. The molecule has 9 nitrogen and oxygen atoms in total. The van der Waals surface area contributed by atoms with E-state index in [2.05, 4.69) is 15.1 Å². The van der Waals surface area contributed by atoms with Crippen LogP contribution < -0.4 is 0 Å². The zero-order chi connectivity index (χ0) is 19.6. The van der Waals surface area contributed by atoms with E-state index in [0.29, 0.717) is 36.7 Å². The molecule has 1 fully saturated rings. The highest BCUT2D eigenvalue weighted by atomic mass is 32.2. The molecule has 144 valence electrons. The first kappa shape index (κ1) is 19.3. The quantitative estimate of drug-likeness (QED) is 0.532. The van der Waals surface area contributed by atoms with Gasteiger partial charge in [0.2, 0.25) is 11.1 Å². The number of aromatic nitrogens is 4. The number of thioether (sulfide) groups is 1. The lowest BCUT2D eigenvalue weighted by atomic mass is 10.1. The van der Waals surface area contributed by atoms with Gasteiger partial charge < -0.3 is 4.74 Å². The highest BCUT2D eigenvalue weighted by Gasteiger charge is 2.27. The van der Waals surface area contributed by atoms with Crippen molar-refractivity contribution in [1.29, 1.82) is 0 Å². The molecule has 1 saturated heterocycles. The van der Waals surface area contributed by atoms with Gasteiger partial charge in [-0.1, -0.05) is 11.8 Å². The minimum atomic E-state index is -0.489. The summed E-state index contributed by atoms with van der Waals surface area (Å²) in [6.07, 6.45) is 3.46. The van der Waals surface area contributed by atoms with Gasteiger partial charge in [0.1, 0.15) is 0 Å². The molecular formula is C17H21N5O4S. The van der Waals surface area contributed by atoms with E-state index in [-0.39, 0.29) is 12.3 Å². The molecule has 0 N–H and O–H groups in total. The third-order valence-electron chi connectivity index (χ3n) is 4.52. The maximum atomic E-state index is 12.0. The van der Waals surface area contributed by atoms with Crippen LogP contribution in [0.2, 0.25) is 0 Å². The molecule has 2 amide bonds. The molecule has 3 heterocycles. The van der Waals surface area contributed by atoms with E-state index in [1.54, 1.807) is 4.52 Å². The predicted molar refractivity (Wildman–Crippen MR) is 97.3 cm³/mol. The van der Waals surface area contributed by atoms with E-state index in [0.717, 1.165) is 21.9 Å². The van der Waals surface area contributed by atoms with Crippen LogP contribution >= 0.6 is 11.8 Å². The monoisotopic (exact) mass is 391 g/mol. The van der Waals surface area contributed by atoms with Gasteiger partial charge in [-0.15, -0.1) is 5.10 Å². The first-order valence-electron chi connectivity index (χ1n) is 8.66. The third-order valence-corrected chi connectivity index (χ3v) is 5.06. The van der Waals surface area contributed by atoms with Gasteiger partial charge >= 0.3 is 5.97 Å². The van der Waals surface area contributed by atoms with Crippen molar-refractivity contribution < 1.29 is 19.1 Å². The Bertz CT molecular complexity index is 910. The Hall–Kier alpha value is -2.49. The van der Waals surface area contributed by atoms with E-state index in [1.165, 1.54) is 11.8 Å². The van der Waals surface area contributed by atoms with Gasteiger partial charge in [-0.05, 0) is 38.5 Å². The average Bonchev–Trinajstić information content (AvgIpc) is 3.25. The summed E-state index contributed by atoms with van der Waals surface area (Å²) in [5, 5.41) is 5.01. The molecule has 1 aliphatic rings. The second-order valence-corrected chi connectivity index (χ2v) is 7.05. The van der Waals surface area contributed by atoms with E-state index >= 15 is 0 Å². The summed E-state index contributed by atoms with van der Waals surface area (Å²) in [5.74, 6) is -0.633. The maximum Gasteiger partial charge on any atom is 0.306 e. The largest absolute Gasteiger partial charge is 0.456 e. The second-order valence-electron chi connectivity index (χ2n) is 6.27. The fourth-order valence-electron chi connectivity index (χ4n) is 3.07. The number of aryl methyl sites for hydroxylation is 2. The minimum Gasteiger partial charge on any atom is -0.456 e. The normalized spacial score (nSPS) is 14.2. The molecule has 0 aromatic carbocycles. The van der Waals surface area contributed by atoms with Gasteiger partial charge in [-0.25, -0.2) is 9.50 Å². The van der Waals surface area contributed by atoms with Crippen molar-refractivity contribution in [3.63, 3.8) is 0 Å². The second kappa shape index (κ2) is 8.03. The molecule has 0 unspecified atom stereocenters. The first-order valence-corrected chi connectivity index (χ1v) is 9.89.